The number of rotatable bonds is 5. The summed E-state index contributed by atoms with van der Waals surface area (Å²) >= 11 is 3.48. The van der Waals surface area contributed by atoms with E-state index < -0.39 is 5.60 Å². The standard InChI is InChI=1S/C17H18BrFO2/c1-17(20,10-12-4-3-5-14(19)8-12)11-13-9-15(21-2)6-7-16(13)18/h3-9,20H,10-11H2,1-2H3. The smallest absolute Gasteiger partial charge is 0.123 e. The molecule has 0 aromatic heterocycles. The predicted molar refractivity (Wildman–Crippen MR) is 85.1 cm³/mol. The molecule has 0 bridgehead atoms. The monoisotopic (exact) mass is 352 g/mol. The third-order valence-electron chi connectivity index (χ3n) is 3.30. The Bertz CT molecular complexity index is 626. The Morgan fingerprint density at radius 1 is 1.19 bits per heavy atom. The van der Waals surface area contributed by atoms with Crippen molar-refractivity contribution in [3.8, 4) is 5.75 Å². The zero-order valence-electron chi connectivity index (χ0n) is 12.1. The maximum absolute atomic E-state index is 13.2. The van der Waals surface area contributed by atoms with E-state index in [2.05, 4.69) is 15.9 Å². The average Bonchev–Trinajstić information content (AvgIpc) is 2.40. The van der Waals surface area contributed by atoms with Crippen LogP contribution in [0.4, 0.5) is 4.39 Å². The molecule has 0 aliphatic carbocycles. The number of hydrogen-bond acceptors (Lipinski definition) is 2. The maximum Gasteiger partial charge on any atom is 0.123 e. The first-order chi connectivity index (χ1) is 9.89. The van der Waals surface area contributed by atoms with E-state index in [-0.39, 0.29) is 5.82 Å². The van der Waals surface area contributed by atoms with Crippen LogP contribution in [0.2, 0.25) is 0 Å². The highest BCUT2D eigenvalue weighted by atomic mass is 79.9. The van der Waals surface area contributed by atoms with Gasteiger partial charge in [-0.3, -0.25) is 0 Å². The topological polar surface area (TPSA) is 29.5 Å². The minimum Gasteiger partial charge on any atom is -0.497 e. The lowest BCUT2D eigenvalue weighted by molar-refractivity contribution is 0.0606. The van der Waals surface area contributed by atoms with Crippen LogP contribution in [0.3, 0.4) is 0 Å². The van der Waals surface area contributed by atoms with Crippen LogP contribution in [0.25, 0.3) is 0 Å². The molecule has 0 spiro atoms. The summed E-state index contributed by atoms with van der Waals surface area (Å²) in [7, 11) is 1.61. The fourth-order valence-corrected chi connectivity index (χ4v) is 2.76. The molecular weight excluding hydrogens is 335 g/mol. The van der Waals surface area contributed by atoms with Crippen LogP contribution in [-0.2, 0) is 12.8 Å². The van der Waals surface area contributed by atoms with Gasteiger partial charge in [0.1, 0.15) is 11.6 Å². The maximum atomic E-state index is 13.2. The third kappa shape index (κ3) is 4.55. The Labute approximate surface area is 132 Å². The van der Waals surface area contributed by atoms with Gasteiger partial charge in [-0.05, 0) is 48.4 Å². The molecule has 0 aliphatic heterocycles. The SMILES string of the molecule is COc1ccc(Br)c(CC(C)(O)Cc2cccc(F)c2)c1. The highest BCUT2D eigenvalue weighted by molar-refractivity contribution is 9.10. The van der Waals surface area contributed by atoms with Crippen LogP contribution in [-0.4, -0.2) is 17.8 Å². The van der Waals surface area contributed by atoms with Gasteiger partial charge in [-0.25, -0.2) is 4.39 Å². The molecule has 0 aliphatic rings. The molecule has 1 atom stereocenters. The second-order valence-corrected chi connectivity index (χ2v) is 6.29. The van der Waals surface area contributed by atoms with Gasteiger partial charge >= 0.3 is 0 Å². The first kappa shape index (κ1) is 16.0. The number of halogens is 2. The molecule has 21 heavy (non-hydrogen) atoms. The Morgan fingerprint density at radius 3 is 2.62 bits per heavy atom. The van der Waals surface area contributed by atoms with E-state index in [4.69, 9.17) is 4.74 Å². The zero-order chi connectivity index (χ0) is 15.5. The van der Waals surface area contributed by atoms with Crippen molar-refractivity contribution in [2.75, 3.05) is 7.11 Å². The summed E-state index contributed by atoms with van der Waals surface area (Å²) in [5.74, 6) is 0.459. The molecule has 0 radical (unpaired) electrons. The molecular formula is C17H18BrFO2. The van der Waals surface area contributed by atoms with Crippen LogP contribution in [0.15, 0.2) is 46.9 Å². The molecule has 1 unspecified atom stereocenters. The lowest BCUT2D eigenvalue weighted by Gasteiger charge is -2.24. The molecule has 2 nitrogen and oxygen atoms in total. The molecule has 2 aromatic rings. The largest absolute Gasteiger partial charge is 0.497 e. The molecule has 2 rings (SSSR count). The van der Waals surface area contributed by atoms with Gasteiger partial charge in [-0.15, -0.1) is 0 Å². The van der Waals surface area contributed by atoms with Crippen molar-refractivity contribution in [3.63, 3.8) is 0 Å². The van der Waals surface area contributed by atoms with Gasteiger partial charge in [0.2, 0.25) is 0 Å². The first-order valence-corrected chi connectivity index (χ1v) is 7.48. The summed E-state index contributed by atoms with van der Waals surface area (Å²) in [4.78, 5) is 0. The summed E-state index contributed by atoms with van der Waals surface area (Å²) in [5, 5.41) is 10.6. The predicted octanol–water partition coefficient (Wildman–Crippen LogP) is 4.13. The Hall–Kier alpha value is -1.39. The van der Waals surface area contributed by atoms with Gasteiger partial charge in [-0.2, -0.15) is 0 Å². The van der Waals surface area contributed by atoms with E-state index in [1.54, 1.807) is 20.1 Å². The summed E-state index contributed by atoms with van der Waals surface area (Å²) in [5.41, 5.74) is 0.762. The molecule has 112 valence electrons. The molecule has 0 saturated carbocycles. The highest BCUT2D eigenvalue weighted by Gasteiger charge is 2.23. The van der Waals surface area contributed by atoms with Crippen molar-refractivity contribution in [3.05, 3.63) is 63.9 Å². The van der Waals surface area contributed by atoms with Crippen LogP contribution in [0.1, 0.15) is 18.1 Å². The molecule has 0 heterocycles. The average molecular weight is 353 g/mol. The second kappa shape index (κ2) is 6.58. The van der Waals surface area contributed by atoms with E-state index >= 15 is 0 Å². The normalized spacial score (nSPS) is 13.8. The van der Waals surface area contributed by atoms with Gasteiger partial charge < -0.3 is 9.84 Å². The zero-order valence-corrected chi connectivity index (χ0v) is 13.7. The third-order valence-corrected chi connectivity index (χ3v) is 4.07. The Morgan fingerprint density at radius 2 is 1.95 bits per heavy atom. The lowest BCUT2D eigenvalue weighted by atomic mass is 9.90. The van der Waals surface area contributed by atoms with Gasteiger partial charge in [0.15, 0.2) is 0 Å². The molecule has 1 N–H and O–H groups in total. The summed E-state index contributed by atoms with van der Waals surface area (Å²) < 4.78 is 19.4. The number of ether oxygens (including phenoxy) is 1. The van der Waals surface area contributed by atoms with Gasteiger partial charge in [0, 0.05) is 17.3 Å². The molecule has 4 heteroatoms. The van der Waals surface area contributed by atoms with Crippen LogP contribution < -0.4 is 4.74 Å². The molecule has 0 amide bonds. The van der Waals surface area contributed by atoms with Crippen molar-refractivity contribution in [2.45, 2.75) is 25.4 Å². The van der Waals surface area contributed by atoms with E-state index in [1.807, 2.05) is 24.3 Å². The Kier molecular flexibility index (Phi) is 5.01. The van der Waals surface area contributed by atoms with Crippen LogP contribution in [0, 0.1) is 5.82 Å². The quantitative estimate of drug-likeness (QED) is 0.876. The van der Waals surface area contributed by atoms with E-state index in [0.717, 1.165) is 21.3 Å². The minimum atomic E-state index is -0.970. The van der Waals surface area contributed by atoms with Crippen molar-refractivity contribution in [1.29, 1.82) is 0 Å². The van der Waals surface area contributed by atoms with Gasteiger partial charge in [0.25, 0.3) is 0 Å². The van der Waals surface area contributed by atoms with E-state index in [1.165, 1.54) is 12.1 Å². The molecule has 2 aromatic carbocycles. The van der Waals surface area contributed by atoms with Crippen molar-refractivity contribution in [2.24, 2.45) is 0 Å². The van der Waals surface area contributed by atoms with Gasteiger partial charge in [-0.1, -0.05) is 28.1 Å². The van der Waals surface area contributed by atoms with Gasteiger partial charge in [0.05, 0.1) is 12.7 Å². The summed E-state index contributed by atoms with van der Waals surface area (Å²) in [6.45, 7) is 1.75. The molecule has 0 saturated heterocycles. The van der Waals surface area contributed by atoms with Crippen molar-refractivity contribution < 1.29 is 14.2 Å². The fourth-order valence-electron chi connectivity index (χ4n) is 2.37. The van der Waals surface area contributed by atoms with Crippen molar-refractivity contribution >= 4 is 15.9 Å². The number of aliphatic hydroxyl groups is 1. The second-order valence-electron chi connectivity index (χ2n) is 5.44. The van der Waals surface area contributed by atoms with Crippen molar-refractivity contribution in [1.82, 2.24) is 0 Å². The van der Waals surface area contributed by atoms with E-state index in [0.29, 0.717) is 12.8 Å². The highest BCUT2D eigenvalue weighted by Crippen LogP contribution is 2.27. The number of hydrogen-bond donors (Lipinski definition) is 1. The lowest BCUT2D eigenvalue weighted by Crippen LogP contribution is -2.30. The number of benzene rings is 2. The number of methoxy groups -OCH3 is 1. The Balaban J connectivity index is 2.17. The first-order valence-electron chi connectivity index (χ1n) is 6.69. The van der Waals surface area contributed by atoms with Crippen LogP contribution in [0.5, 0.6) is 5.75 Å². The fraction of sp³-hybridized carbons (Fsp3) is 0.294. The van der Waals surface area contributed by atoms with E-state index in [9.17, 15) is 9.50 Å². The minimum absolute atomic E-state index is 0.286. The van der Waals surface area contributed by atoms with Crippen LogP contribution >= 0.6 is 15.9 Å². The molecule has 0 fully saturated rings. The summed E-state index contributed by atoms with van der Waals surface area (Å²) in [6.07, 6.45) is 0.829. The summed E-state index contributed by atoms with van der Waals surface area (Å²) in [6, 6.07) is 12.0.